The van der Waals surface area contributed by atoms with Gasteiger partial charge in [0.1, 0.15) is 0 Å². The number of carbonyl (C=O) groups is 1. The summed E-state index contributed by atoms with van der Waals surface area (Å²) in [5, 5.41) is 8.58. The average Bonchev–Trinajstić information content (AvgIpc) is 2.84. The van der Waals surface area contributed by atoms with Crippen LogP contribution in [0.15, 0.2) is 17.5 Å². The first-order valence-electron chi connectivity index (χ1n) is 6.25. The molecule has 0 bridgehead atoms. The van der Waals surface area contributed by atoms with Crippen molar-refractivity contribution in [3.63, 3.8) is 0 Å². The topological polar surface area (TPSA) is 41.1 Å². The molecular weight excluding hydrogens is 232 g/mol. The summed E-state index contributed by atoms with van der Waals surface area (Å²) in [5.74, 6) is 0.108. The first kappa shape index (κ1) is 12.6. The molecule has 2 rings (SSSR count). The van der Waals surface area contributed by atoms with Crippen LogP contribution in [0.5, 0.6) is 0 Å². The van der Waals surface area contributed by atoms with Gasteiger partial charge in [-0.15, -0.1) is 11.3 Å². The second-order valence-electron chi connectivity index (χ2n) is 4.74. The van der Waals surface area contributed by atoms with Crippen molar-refractivity contribution in [1.82, 2.24) is 10.6 Å². The van der Waals surface area contributed by atoms with Crippen LogP contribution in [0.2, 0.25) is 0 Å². The predicted octanol–water partition coefficient (Wildman–Crippen LogP) is 2.11. The van der Waals surface area contributed by atoms with E-state index < -0.39 is 0 Å². The molecule has 2 N–H and O–H groups in total. The number of piperidine rings is 1. The fourth-order valence-electron chi connectivity index (χ4n) is 2.22. The molecular formula is C13H20N2OS. The third kappa shape index (κ3) is 3.07. The Morgan fingerprint density at radius 2 is 2.47 bits per heavy atom. The summed E-state index contributed by atoms with van der Waals surface area (Å²) >= 11 is 1.65. The molecule has 4 heteroatoms. The van der Waals surface area contributed by atoms with Crippen molar-refractivity contribution in [3.8, 4) is 0 Å². The quantitative estimate of drug-likeness (QED) is 0.865. The van der Waals surface area contributed by atoms with Gasteiger partial charge in [0.15, 0.2) is 0 Å². The van der Waals surface area contributed by atoms with Crippen LogP contribution >= 0.6 is 11.3 Å². The van der Waals surface area contributed by atoms with Crippen molar-refractivity contribution in [3.05, 3.63) is 22.4 Å². The highest BCUT2D eigenvalue weighted by Crippen LogP contribution is 2.21. The zero-order valence-corrected chi connectivity index (χ0v) is 11.2. The molecule has 1 aromatic rings. The van der Waals surface area contributed by atoms with Crippen LogP contribution in [-0.2, 0) is 4.79 Å². The maximum Gasteiger partial charge on any atom is 0.228 e. The van der Waals surface area contributed by atoms with E-state index in [1.165, 1.54) is 0 Å². The molecule has 0 saturated carbocycles. The monoisotopic (exact) mass is 252 g/mol. The second-order valence-corrected chi connectivity index (χ2v) is 5.72. The molecule has 3 atom stereocenters. The maximum absolute atomic E-state index is 12.1. The fraction of sp³-hybridized carbons (Fsp3) is 0.615. The number of hydrogen-bond donors (Lipinski definition) is 2. The number of thiophene rings is 1. The number of nitrogens with one attached hydrogen (secondary N) is 2. The maximum atomic E-state index is 12.1. The minimum atomic E-state index is -0.0378. The lowest BCUT2D eigenvalue weighted by Gasteiger charge is -2.31. The van der Waals surface area contributed by atoms with Crippen molar-refractivity contribution in [2.24, 2.45) is 0 Å². The average molecular weight is 252 g/mol. The molecule has 3 unspecified atom stereocenters. The lowest BCUT2D eigenvalue weighted by Crippen LogP contribution is -2.52. The lowest BCUT2D eigenvalue weighted by atomic mass is 9.98. The summed E-state index contributed by atoms with van der Waals surface area (Å²) in [7, 11) is 0. The summed E-state index contributed by atoms with van der Waals surface area (Å²) < 4.78 is 0. The van der Waals surface area contributed by atoms with Gasteiger partial charge < -0.3 is 10.6 Å². The van der Waals surface area contributed by atoms with Gasteiger partial charge in [0, 0.05) is 17.0 Å². The molecule has 17 heavy (non-hydrogen) atoms. The second kappa shape index (κ2) is 5.65. The summed E-state index contributed by atoms with van der Waals surface area (Å²) in [5.41, 5.74) is 0. The molecule has 94 valence electrons. The molecule has 0 spiro atoms. The molecule has 3 nitrogen and oxygen atoms in total. The van der Waals surface area contributed by atoms with E-state index in [9.17, 15) is 4.79 Å². The molecule has 0 aliphatic carbocycles. The highest BCUT2D eigenvalue weighted by Gasteiger charge is 2.25. The largest absolute Gasteiger partial charge is 0.351 e. The first-order valence-corrected chi connectivity index (χ1v) is 7.13. The van der Waals surface area contributed by atoms with Crippen LogP contribution in [0.25, 0.3) is 0 Å². The van der Waals surface area contributed by atoms with E-state index in [0.29, 0.717) is 6.04 Å². The Labute approximate surface area is 107 Å². The Morgan fingerprint density at radius 1 is 1.65 bits per heavy atom. The number of amides is 1. The van der Waals surface area contributed by atoms with Gasteiger partial charge in [-0.25, -0.2) is 0 Å². The normalized spacial score (nSPS) is 26.5. The van der Waals surface area contributed by atoms with Crippen LogP contribution in [0.4, 0.5) is 0 Å². The summed E-state index contributed by atoms with van der Waals surface area (Å²) in [4.78, 5) is 13.3. The zero-order valence-electron chi connectivity index (χ0n) is 10.4. The Hall–Kier alpha value is -0.870. The Kier molecular flexibility index (Phi) is 4.18. The number of carbonyl (C=O) groups excluding carboxylic acids is 1. The highest BCUT2D eigenvalue weighted by molar-refractivity contribution is 7.10. The van der Waals surface area contributed by atoms with Gasteiger partial charge in [-0.1, -0.05) is 6.07 Å². The Morgan fingerprint density at radius 3 is 3.12 bits per heavy atom. The molecule has 1 saturated heterocycles. The Bertz CT molecular complexity index is 364. The molecule has 1 amide bonds. The molecule has 1 aliphatic rings. The standard InChI is InChI=1S/C13H20N2OS/c1-9(12-6-4-8-17-12)13(16)15-11-5-3-7-14-10(11)2/h4,6,8-11,14H,3,5,7H2,1-2H3,(H,15,16). The van der Waals surface area contributed by atoms with Crippen molar-refractivity contribution in [2.45, 2.75) is 44.7 Å². The third-order valence-corrected chi connectivity index (χ3v) is 4.51. The van der Waals surface area contributed by atoms with Crippen LogP contribution < -0.4 is 10.6 Å². The van der Waals surface area contributed by atoms with E-state index in [2.05, 4.69) is 17.6 Å². The molecule has 0 radical (unpaired) electrons. The van der Waals surface area contributed by atoms with Crippen molar-refractivity contribution in [2.75, 3.05) is 6.54 Å². The summed E-state index contributed by atoms with van der Waals surface area (Å²) in [6.07, 6.45) is 2.22. The highest BCUT2D eigenvalue weighted by atomic mass is 32.1. The summed E-state index contributed by atoms with van der Waals surface area (Å²) in [6.45, 7) is 5.18. The molecule has 2 heterocycles. The van der Waals surface area contributed by atoms with E-state index in [-0.39, 0.29) is 17.9 Å². The van der Waals surface area contributed by atoms with Gasteiger partial charge in [0.25, 0.3) is 0 Å². The van der Waals surface area contributed by atoms with E-state index in [4.69, 9.17) is 0 Å². The lowest BCUT2D eigenvalue weighted by molar-refractivity contribution is -0.123. The van der Waals surface area contributed by atoms with Crippen molar-refractivity contribution >= 4 is 17.2 Å². The minimum absolute atomic E-state index is 0.0378. The van der Waals surface area contributed by atoms with E-state index in [1.807, 2.05) is 24.4 Å². The van der Waals surface area contributed by atoms with Gasteiger partial charge >= 0.3 is 0 Å². The SMILES string of the molecule is CC(C(=O)NC1CCCNC1C)c1cccs1. The van der Waals surface area contributed by atoms with Gasteiger partial charge in [-0.05, 0) is 44.7 Å². The number of hydrogen-bond acceptors (Lipinski definition) is 3. The van der Waals surface area contributed by atoms with Crippen LogP contribution in [0.3, 0.4) is 0 Å². The van der Waals surface area contributed by atoms with Crippen LogP contribution in [-0.4, -0.2) is 24.5 Å². The van der Waals surface area contributed by atoms with Gasteiger partial charge in [-0.3, -0.25) is 4.79 Å². The van der Waals surface area contributed by atoms with E-state index >= 15 is 0 Å². The molecule has 1 fully saturated rings. The third-order valence-electron chi connectivity index (χ3n) is 3.45. The van der Waals surface area contributed by atoms with Gasteiger partial charge in [-0.2, -0.15) is 0 Å². The van der Waals surface area contributed by atoms with Gasteiger partial charge in [0.05, 0.1) is 5.92 Å². The van der Waals surface area contributed by atoms with Gasteiger partial charge in [0.2, 0.25) is 5.91 Å². The first-order chi connectivity index (χ1) is 8.18. The molecule has 1 aromatic heterocycles. The van der Waals surface area contributed by atoms with Crippen molar-refractivity contribution < 1.29 is 4.79 Å². The van der Waals surface area contributed by atoms with Crippen molar-refractivity contribution in [1.29, 1.82) is 0 Å². The Balaban J connectivity index is 1.92. The zero-order chi connectivity index (χ0) is 12.3. The molecule has 0 aromatic carbocycles. The van der Waals surface area contributed by atoms with E-state index in [0.717, 1.165) is 24.3 Å². The molecule has 1 aliphatic heterocycles. The summed E-state index contributed by atoms with van der Waals surface area (Å²) in [6, 6.07) is 4.67. The predicted molar refractivity (Wildman–Crippen MR) is 71.4 cm³/mol. The van der Waals surface area contributed by atoms with Crippen LogP contribution in [0.1, 0.15) is 37.5 Å². The minimum Gasteiger partial charge on any atom is -0.351 e. The number of rotatable bonds is 3. The van der Waals surface area contributed by atoms with E-state index in [1.54, 1.807) is 11.3 Å². The smallest absolute Gasteiger partial charge is 0.228 e. The van der Waals surface area contributed by atoms with Crippen LogP contribution in [0, 0.1) is 0 Å². The fourth-order valence-corrected chi connectivity index (χ4v) is 3.00.